The maximum absolute atomic E-state index is 13.5. The second-order valence-electron chi connectivity index (χ2n) is 5.63. The molecule has 0 bridgehead atoms. The Hall–Kier alpha value is -1.18. The van der Waals surface area contributed by atoms with E-state index in [0.29, 0.717) is 12.0 Å². The molecule has 1 fully saturated rings. The van der Waals surface area contributed by atoms with Crippen molar-refractivity contribution in [3.8, 4) is 0 Å². The predicted molar refractivity (Wildman–Crippen MR) is 74.3 cm³/mol. The molecule has 1 aliphatic rings. The van der Waals surface area contributed by atoms with E-state index in [0.717, 1.165) is 6.07 Å². The van der Waals surface area contributed by atoms with Crippen LogP contribution in [-0.4, -0.2) is 36.5 Å². The largest absolute Gasteiger partial charge is 0.396 e. The number of benzene rings is 1. The summed E-state index contributed by atoms with van der Waals surface area (Å²) in [4.78, 5) is 0.0362. The molecule has 1 atom stereocenters. The fourth-order valence-corrected chi connectivity index (χ4v) is 4.57. The van der Waals surface area contributed by atoms with Crippen molar-refractivity contribution < 1.29 is 17.9 Å². The Morgan fingerprint density at radius 2 is 2.05 bits per heavy atom. The number of hydrogen-bond acceptors (Lipinski definition) is 4. The summed E-state index contributed by atoms with van der Waals surface area (Å²) in [5, 5.41) is 9.92. The van der Waals surface area contributed by atoms with E-state index < -0.39 is 21.4 Å². The standard InChI is InChI=1S/C13H19FN2O3S/c1-8-6-10(14)11(15)9(2)12(8)20(18,19)16-5-4-13(3,17)7-16/h6,17H,4-5,7,15H2,1-3H3. The van der Waals surface area contributed by atoms with Crippen LogP contribution < -0.4 is 5.73 Å². The lowest BCUT2D eigenvalue weighted by molar-refractivity contribution is 0.0762. The lowest BCUT2D eigenvalue weighted by Gasteiger charge is -2.22. The minimum Gasteiger partial charge on any atom is -0.396 e. The van der Waals surface area contributed by atoms with Crippen molar-refractivity contribution in [2.24, 2.45) is 0 Å². The normalized spacial score (nSPS) is 24.2. The number of β-amino-alcohol motifs (C(OH)–C–C–N with tert-alkyl or cyclic N) is 1. The van der Waals surface area contributed by atoms with Crippen molar-refractivity contribution in [2.45, 2.75) is 37.7 Å². The SMILES string of the molecule is Cc1cc(F)c(N)c(C)c1S(=O)(=O)N1CCC(C)(O)C1. The Balaban J connectivity index is 2.54. The monoisotopic (exact) mass is 302 g/mol. The van der Waals surface area contributed by atoms with Crippen molar-refractivity contribution in [1.29, 1.82) is 0 Å². The van der Waals surface area contributed by atoms with Gasteiger partial charge in [-0.05, 0) is 44.4 Å². The van der Waals surface area contributed by atoms with E-state index in [4.69, 9.17) is 5.73 Å². The van der Waals surface area contributed by atoms with Gasteiger partial charge in [-0.1, -0.05) is 0 Å². The van der Waals surface area contributed by atoms with Gasteiger partial charge in [0.2, 0.25) is 10.0 Å². The van der Waals surface area contributed by atoms with Gasteiger partial charge in [0.1, 0.15) is 5.82 Å². The van der Waals surface area contributed by atoms with Crippen LogP contribution in [0.1, 0.15) is 24.5 Å². The van der Waals surface area contributed by atoms with Gasteiger partial charge in [-0.2, -0.15) is 4.31 Å². The lowest BCUT2D eigenvalue weighted by Crippen LogP contribution is -2.34. The summed E-state index contributed by atoms with van der Waals surface area (Å²) in [7, 11) is -3.78. The van der Waals surface area contributed by atoms with Crippen LogP contribution in [0.5, 0.6) is 0 Å². The van der Waals surface area contributed by atoms with E-state index >= 15 is 0 Å². The van der Waals surface area contributed by atoms with Crippen LogP contribution in [-0.2, 0) is 10.0 Å². The van der Waals surface area contributed by atoms with Gasteiger partial charge in [-0.25, -0.2) is 12.8 Å². The fourth-order valence-electron chi connectivity index (χ4n) is 2.57. The summed E-state index contributed by atoms with van der Waals surface area (Å²) in [6.45, 7) is 4.90. The van der Waals surface area contributed by atoms with Crippen LogP contribution >= 0.6 is 0 Å². The number of anilines is 1. The van der Waals surface area contributed by atoms with Crippen LogP contribution in [0.25, 0.3) is 0 Å². The molecule has 0 aliphatic carbocycles. The Morgan fingerprint density at radius 3 is 2.55 bits per heavy atom. The third-order valence-corrected chi connectivity index (χ3v) is 5.85. The molecule has 0 radical (unpaired) electrons. The van der Waals surface area contributed by atoms with Crippen LogP contribution in [0, 0.1) is 19.7 Å². The average molecular weight is 302 g/mol. The molecule has 7 heteroatoms. The van der Waals surface area contributed by atoms with Gasteiger partial charge in [0.05, 0.1) is 16.2 Å². The molecule has 1 unspecified atom stereocenters. The van der Waals surface area contributed by atoms with E-state index in [-0.39, 0.29) is 29.2 Å². The zero-order chi connectivity index (χ0) is 15.3. The molecule has 1 aromatic carbocycles. The fraction of sp³-hybridized carbons (Fsp3) is 0.538. The molecular weight excluding hydrogens is 283 g/mol. The molecule has 1 aliphatic heterocycles. The molecule has 112 valence electrons. The number of sulfonamides is 1. The number of nitrogen functional groups attached to an aromatic ring is 1. The van der Waals surface area contributed by atoms with Crippen LogP contribution in [0.4, 0.5) is 10.1 Å². The van der Waals surface area contributed by atoms with E-state index in [1.54, 1.807) is 6.92 Å². The maximum Gasteiger partial charge on any atom is 0.243 e. The highest BCUT2D eigenvalue weighted by molar-refractivity contribution is 7.89. The second kappa shape index (κ2) is 4.68. The third kappa shape index (κ3) is 2.41. The van der Waals surface area contributed by atoms with E-state index in [9.17, 15) is 17.9 Å². The number of aryl methyl sites for hydroxylation is 1. The van der Waals surface area contributed by atoms with Gasteiger partial charge in [-0.3, -0.25) is 0 Å². The molecule has 2 rings (SSSR count). The molecule has 1 heterocycles. The molecule has 0 aromatic heterocycles. The quantitative estimate of drug-likeness (QED) is 0.803. The molecule has 3 N–H and O–H groups in total. The van der Waals surface area contributed by atoms with Gasteiger partial charge < -0.3 is 10.8 Å². The summed E-state index contributed by atoms with van der Waals surface area (Å²) < 4.78 is 40.1. The number of aliphatic hydroxyl groups is 1. The van der Waals surface area contributed by atoms with Gasteiger partial charge in [0, 0.05) is 13.1 Å². The van der Waals surface area contributed by atoms with Crippen molar-refractivity contribution in [3.63, 3.8) is 0 Å². The molecular formula is C13H19FN2O3S. The second-order valence-corrected chi connectivity index (χ2v) is 7.50. The van der Waals surface area contributed by atoms with Crippen LogP contribution in [0.15, 0.2) is 11.0 Å². The number of nitrogens with two attached hydrogens (primary N) is 1. The molecule has 0 amide bonds. The smallest absolute Gasteiger partial charge is 0.243 e. The first-order valence-electron chi connectivity index (χ1n) is 6.34. The minimum absolute atomic E-state index is 0.0332. The lowest BCUT2D eigenvalue weighted by atomic mass is 10.1. The molecule has 20 heavy (non-hydrogen) atoms. The van der Waals surface area contributed by atoms with Crippen molar-refractivity contribution in [3.05, 3.63) is 23.0 Å². The number of halogens is 1. The highest BCUT2D eigenvalue weighted by Crippen LogP contribution is 2.33. The van der Waals surface area contributed by atoms with E-state index in [1.165, 1.54) is 18.2 Å². The van der Waals surface area contributed by atoms with Crippen LogP contribution in [0.3, 0.4) is 0 Å². The zero-order valence-electron chi connectivity index (χ0n) is 11.8. The number of nitrogens with zero attached hydrogens (tertiary/aromatic N) is 1. The van der Waals surface area contributed by atoms with Crippen molar-refractivity contribution in [1.82, 2.24) is 4.31 Å². The summed E-state index contributed by atoms with van der Waals surface area (Å²) in [5.41, 5.74) is 4.95. The van der Waals surface area contributed by atoms with Crippen molar-refractivity contribution in [2.75, 3.05) is 18.8 Å². The minimum atomic E-state index is -3.78. The van der Waals surface area contributed by atoms with Crippen LogP contribution in [0.2, 0.25) is 0 Å². The van der Waals surface area contributed by atoms with Gasteiger partial charge in [-0.15, -0.1) is 0 Å². The molecule has 0 spiro atoms. The first kappa shape index (κ1) is 15.2. The highest BCUT2D eigenvalue weighted by atomic mass is 32.2. The van der Waals surface area contributed by atoms with Gasteiger partial charge in [0.25, 0.3) is 0 Å². The van der Waals surface area contributed by atoms with Gasteiger partial charge in [0.15, 0.2) is 0 Å². The summed E-state index contributed by atoms with van der Waals surface area (Å²) >= 11 is 0. The third-order valence-electron chi connectivity index (χ3n) is 3.72. The van der Waals surface area contributed by atoms with Crippen molar-refractivity contribution >= 4 is 15.7 Å². The van der Waals surface area contributed by atoms with E-state index in [1.807, 2.05) is 0 Å². The molecule has 1 saturated heterocycles. The molecule has 5 nitrogen and oxygen atoms in total. The summed E-state index contributed by atoms with van der Waals surface area (Å²) in [6, 6.07) is 1.13. The first-order chi connectivity index (χ1) is 9.06. The first-order valence-corrected chi connectivity index (χ1v) is 7.78. The zero-order valence-corrected chi connectivity index (χ0v) is 12.6. The molecule has 1 aromatic rings. The summed E-state index contributed by atoms with van der Waals surface area (Å²) in [6.07, 6.45) is 0.376. The Kier molecular flexibility index (Phi) is 3.56. The van der Waals surface area contributed by atoms with E-state index in [2.05, 4.69) is 0 Å². The average Bonchev–Trinajstić information content (AvgIpc) is 2.67. The maximum atomic E-state index is 13.5. The van der Waals surface area contributed by atoms with Gasteiger partial charge >= 0.3 is 0 Å². The topological polar surface area (TPSA) is 83.6 Å². The highest BCUT2D eigenvalue weighted by Gasteiger charge is 2.39. The Labute approximate surface area is 118 Å². The predicted octanol–water partition coefficient (Wildman–Crippen LogP) is 1.17. The Morgan fingerprint density at radius 1 is 1.45 bits per heavy atom. The molecule has 0 saturated carbocycles. The number of rotatable bonds is 2. The summed E-state index contributed by atoms with van der Waals surface area (Å²) in [5.74, 6) is -0.618. The Bertz CT molecular complexity index is 656. The number of hydrogen-bond donors (Lipinski definition) is 2.